The molecule has 0 saturated heterocycles. The molecule has 0 spiro atoms. The summed E-state index contributed by atoms with van der Waals surface area (Å²) in [6.07, 6.45) is 1.59. The van der Waals surface area contributed by atoms with Gasteiger partial charge in [-0.05, 0) is 51.8 Å². The summed E-state index contributed by atoms with van der Waals surface area (Å²) in [5.41, 5.74) is 3.88. The van der Waals surface area contributed by atoms with E-state index in [1.807, 2.05) is 24.3 Å². The highest BCUT2D eigenvalue weighted by Crippen LogP contribution is 2.25. The zero-order valence-electron chi connectivity index (χ0n) is 11.1. The molecule has 0 fully saturated rings. The van der Waals surface area contributed by atoms with Gasteiger partial charge in [0.25, 0.3) is 5.91 Å². The zero-order valence-corrected chi connectivity index (χ0v) is 14.3. The van der Waals surface area contributed by atoms with Gasteiger partial charge in [-0.3, -0.25) is 4.79 Å². The monoisotopic (exact) mass is 410 g/mol. The maximum absolute atomic E-state index is 11.9. The number of benzene rings is 2. The van der Waals surface area contributed by atoms with Crippen LogP contribution in [0.3, 0.4) is 0 Å². The van der Waals surface area contributed by atoms with Gasteiger partial charge in [0.15, 0.2) is 0 Å². The Morgan fingerprint density at radius 1 is 1.19 bits per heavy atom. The number of nitrogens with zero attached hydrogens (tertiary/aromatic N) is 1. The van der Waals surface area contributed by atoms with Gasteiger partial charge in [-0.2, -0.15) is 5.10 Å². The lowest BCUT2D eigenvalue weighted by Crippen LogP contribution is -2.17. The fraction of sp³-hybridized carbons (Fsp3) is 0.0667. The molecule has 0 saturated carbocycles. The molecule has 0 atom stereocenters. The van der Waals surface area contributed by atoms with E-state index >= 15 is 0 Å². The van der Waals surface area contributed by atoms with Crippen LogP contribution in [0.15, 0.2) is 56.5 Å². The van der Waals surface area contributed by atoms with Crippen molar-refractivity contribution in [2.75, 3.05) is 7.11 Å². The number of hydrogen-bond donors (Lipinski definition) is 1. The summed E-state index contributed by atoms with van der Waals surface area (Å²) in [7, 11) is 1.57. The van der Waals surface area contributed by atoms with Crippen molar-refractivity contribution in [1.29, 1.82) is 0 Å². The molecule has 21 heavy (non-hydrogen) atoms. The third-order valence-corrected chi connectivity index (χ3v) is 3.81. The molecule has 2 aromatic carbocycles. The van der Waals surface area contributed by atoms with Crippen molar-refractivity contribution in [3.8, 4) is 5.75 Å². The molecule has 4 nitrogen and oxygen atoms in total. The van der Waals surface area contributed by atoms with Crippen molar-refractivity contribution < 1.29 is 9.53 Å². The van der Waals surface area contributed by atoms with Crippen molar-refractivity contribution >= 4 is 44.0 Å². The van der Waals surface area contributed by atoms with Crippen LogP contribution in [-0.4, -0.2) is 19.2 Å². The van der Waals surface area contributed by atoms with E-state index in [-0.39, 0.29) is 5.91 Å². The van der Waals surface area contributed by atoms with Crippen LogP contribution >= 0.6 is 31.9 Å². The number of hydrazone groups is 1. The molecule has 108 valence electrons. The highest BCUT2D eigenvalue weighted by Gasteiger charge is 2.07. The summed E-state index contributed by atoms with van der Waals surface area (Å²) < 4.78 is 6.83. The fourth-order valence-electron chi connectivity index (χ4n) is 1.59. The minimum Gasteiger partial charge on any atom is -0.496 e. The van der Waals surface area contributed by atoms with Gasteiger partial charge in [-0.1, -0.05) is 28.1 Å². The van der Waals surface area contributed by atoms with Gasteiger partial charge in [0.05, 0.1) is 17.8 Å². The van der Waals surface area contributed by atoms with E-state index in [1.54, 1.807) is 31.5 Å². The fourth-order valence-corrected chi connectivity index (χ4v) is 2.39. The van der Waals surface area contributed by atoms with Crippen LogP contribution in [-0.2, 0) is 0 Å². The Morgan fingerprint density at radius 2 is 1.90 bits per heavy atom. The Balaban J connectivity index is 2.01. The molecule has 0 radical (unpaired) electrons. The number of carbonyl (C=O) groups excluding carboxylic acids is 1. The molecule has 0 aliphatic carbocycles. The minimum atomic E-state index is -0.285. The largest absolute Gasteiger partial charge is 0.496 e. The molecule has 0 aromatic heterocycles. The van der Waals surface area contributed by atoms with Gasteiger partial charge in [-0.25, -0.2) is 5.43 Å². The molecule has 2 rings (SSSR count). The number of methoxy groups -OCH3 is 1. The van der Waals surface area contributed by atoms with Crippen molar-refractivity contribution in [2.45, 2.75) is 0 Å². The van der Waals surface area contributed by atoms with Crippen molar-refractivity contribution in [1.82, 2.24) is 5.43 Å². The molecule has 0 aliphatic heterocycles. The SMILES string of the molecule is COc1ccc(C(=O)N/N=C\c2ccc(Br)cc2)cc1Br. The van der Waals surface area contributed by atoms with E-state index in [0.717, 1.165) is 14.5 Å². The normalized spacial score (nSPS) is 10.6. The van der Waals surface area contributed by atoms with Crippen LogP contribution in [0.5, 0.6) is 5.75 Å². The number of hydrogen-bond acceptors (Lipinski definition) is 3. The molecule has 2 aromatic rings. The second-order valence-corrected chi connectivity index (χ2v) is 5.87. The third kappa shape index (κ3) is 4.41. The molecule has 0 aliphatic rings. The molecule has 0 bridgehead atoms. The van der Waals surface area contributed by atoms with Crippen LogP contribution < -0.4 is 10.2 Å². The van der Waals surface area contributed by atoms with Crippen LogP contribution in [0.2, 0.25) is 0 Å². The summed E-state index contributed by atoms with van der Waals surface area (Å²) in [5, 5.41) is 3.93. The third-order valence-electron chi connectivity index (χ3n) is 2.66. The summed E-state index contributed by atoms with van der Waals surface area (Å²) in [4.78, 5) is 11.9. The topological polar surface area (TPSA) is 50.7 Å². The van der Waals surface area contributed by atoms with E-state index in [9.17, 15) is 4.79 Å². The minimum absolute atomic E-state index is 0.285. The van der Waals surface area contributed by atoms with Gasteiger partial charge < -0.3 is 4.74 Å². The molecule has 0 unspecified atom stereocenters. The van der Waals surface area contributed by atoms with E-state index in [2.05, 4.69) is 42.4 Å². The lowest BCUT2D eigenvalue weighted by molar-refractivity contribution is 0.0955. The Labute approximate surface area is 139 Å². The summed E-state index contributed by atoms with van der Waals surface area (Å²) in [5.74, 6) is 0.386. The number of amides is 1. The first-order chi connectivity index (χ1) is 10.1. The average Bonchev–Trinajstić information content (AvgIpc) is 2.49. The Bertz CT molecular complexity index is 670. The molecule has 1 N–H and O–H groups in total. The highest BCUT2D eigenvalue weighted by molar-refractivity contribution is 9.10. The Morgan fingerprint density at radius 3 is 2.52 bits per heavy atom. The summed E-state index contributed by atoms with van der Waals surface area (Å²) in [6.45, 7) is 0. The average molecular weight is 412 g/mol. The molecule has 6 heteroatoms. The second-order valence-electron chi connectivity index (χ2n) is 4.10. The van der Waals surface area contributed by atoms with Crippen molar-refractivity contribution in [2.24, 2.45) is 5.10 Å². The first-order valence-electron chi connectivity index (χ1n) is 6.02. The van der Waals surface area contributed by atoms with Crippen LogP contribution in [0.4, 0.5) is 0 Å². The lowest BCUT2D eigenvalue weighted by Gasteiger charge is -2.05. The molecular formula is C15H12Br2N2O2. The standard InChI is InChI=1S/C15H12Br2N2O2/c1-21-14-7-4-11(8-13(14)17)15(20)19-18-9-10-2-5-12(16)6-3-10/h2-9H,1H3,(H,19,20)/b18-9-. The Kier molecular flexibility index (Phi) is 5.52. The molecule has 1 amide bonds. The maximum atomic E-state index is 11.9. The van der Waals surface area contributed by atoms with E-state index < -0.39 is 0 Å². The quantitative estimate of drug-likeness (QED) is 0.610. The first-order valence-corrected chi connectivity index (χ1v) is 7.61. The van der Waals surface area contributed by atoms with Gasteiger partial charge in [0.1, 0.15) is 5.75 Å². The van der Waals surface area contributed by atoms with Gasteiger partial charge >= 0.3 is 0 Å². The highest BCUT2D eigenvalue weighted by atomic mass is 79.9. The first kappa shape index (κ1) is 15.7. The van der Waals surface area contributed by atoms with Crippen molar-refractivity contribution in [3.05, 3.63) is 62.5 Å². The predicted octanol–water partition coefficient (Wildman–Crippen LogP) is 3.98. The molecule has 0 heterocycles. The van der Waals surface area contributed by atoms with Crippen LogP contribution in [0.25, 0.3) is 0 Å². The Hall–Kier alpha value is -1.66. The number of rotatable bonds is 4. The van der Waals surface area contributed by atoms with E-state index in [0.29, 0.717) is 11.3 Å². The maximum Gasteiger partial charge on any atom is 0.271 e. The van der Waals surface area contributed by atoms with E-state index in [1.165, 1.54) is 0 Å². The lowest BCUT2D eigenvalue weighted by atomic mass is 10.2. The van der Waals surface area contributed by atoms with Gasteiger partial charge in [0.2, 0.25) is 0 Å². The number of nitrogens with one attached hydrogen (secondary N) is 1. The van der Waals surface area contributed by atoms with Gasteiger partial charge in [0, 0.05) is 10.0 Å². The van der Waals surface area contributed by atoms with Gasteiger partial charge in [-0.15, -0.1) is 0 Å². The van der Waals surface area contributed by atoms with Crippen LogP contribution in [0, 0.1) is 0 Å². The molecular weight excluding hydrogens is 400 g/mol. The number of carbonyl (C=O) groups is 1. The number of halogens is 2. The zero-order chi connectivity index (χ0) is 15.2. The smallest absolute Gasteiger partial charge is 0.271 e. The predicted molar refractivity (Wildman–Crippen MR) is 89.9 cm³/mol. The van der Waals surface area contributed by atoms with Crippen LogP contribution in [0.1, 0.15) is 15.9 Å². The second kappa shape index (κ2) is 7.38. The number of ether oxygens (including phenoxy) is 1. The van der Waals surface area contributed by atoms with Crippen molar-refractivity contribution in [3.63, 3.8) is 0 Å². The van der Waals surface area contributed by atoms with E-state index in [4.69, 9.17) is 4.74 Å². The summed E-state index contributed by atoms with van der Waals surface area (Å²) >= 11 is 6.70. The summed E-state index contributed by atoms with van der Waals surface area (Å²) in [6, 6.07) is 12.7.